The maximum atomic E-state index is 6.21. The zero-order valence-electron chi connectivity index (χ0n) is 20.0. The van der Waals surface area contributed by atoms with Crippen LogP contribution in [0.4, 0.5) is 0 Å². The summed E-state index contributed by atoms with van der Waals surface area (Å²) in [6.45, 7) is 15.9. The molecule has 28 heavy (non-hydrogen) atoms. The van der Waals surface area contributed by atoms with Crippen LogP contribution in [0.15, 0.2) is 0 Å². The molecule has 0 saturated carbocycles. The van der Waals surface area contributed by atoms with Crippen molar-refractivity contribution in [3.05, 3.63) is 0 Å². The summed E-state index contributed by atoms with van der Waals surface area (Å²) in [4.78, 5) is 0. The van der Waals surface area contributed by atoms with Gasteiger partial charge in [0.1, 0.15) is 0 Å². The fraction of sp³-hybridized carbons (Fsp3) is 1.00. The Morgan fingerprint density at radius 3 is 1.00 bits per heavy atom. The second-order valence-electron chi connectivity index (χ2n) is 8.36. The molecule has 0 aliphatic heterocycles. The van der Waals surface area contributed by atoms with Gasteiger partial charge >= 0.3 is 8.60 Å². The molecule has 0 spiro atoms. The molecule has 0 fully saturated rings. The van der Waals surface area contributed by atoms with Gasteiger partial charge in [-0.25, -0.2) is 0 Å². The molecule has 0 aliphatic carbocycles. The molecule has 0 radical (unpaired) electrons. The topological polar surface area (TPSA) is 27.7 Å². The van der Waals surface area contributed by atoms with Gasteiger partial charge in [0.15, 0.2) is 0 Å². The average Bonchev–Trinajstić information content (AvgIpc) is 2.73. The van der Waals surface area contributed by atoms with Crippen LogP contribution in [0.1, 0.15) is 119 Å². The summed E-state index contributed by atoms with van der Waals surface area (Å²) in [5.41, 5.74) is 0. The molecule has 0 aromatic heterocycles. The van der Waals surface area contributed by atoms with E-state index < -0.39 is 8.60 Å². The van der Waals surface area contributed by atoms with Crippen LogP contribution in [0, 0.1) is 17.8 Å². The number of unbranched alkanes of at least 4 members (excludes halogenated alkanes) is 3. The van der Waals surface area contributed by atoms with Gasteiger partial charge < -0.3 is 13.6 Å². The fourth-order valence-electron chi connectivity index (χ4n) is 3.30. The molecule has 0 heterocycles. The van der Waals surface area contributed by atoms with E-state index in [2.05, 4.69) is 41.5 Å². The lowest BCUT2D eigenvalue weighted by atomic mass is 10.0. The van der Waals surface area contributed by atoms with Crippen molar-refractivity contribution in [2.75, 3.05) is 19.8 Å². The Balaban J connectivity index is 4.60. The molecule has 0 rings (SSSR count). The summed E-state index contributed by atoms with van der Waals surface area (Å²) >= 11 is 0. The van der Waals surface area contributed by atoms with E-state index in [9.17, 15) is 0 Å². The summed E-state index contributed by atoms with van der Waals surface area (Å²) < 4.78 is 18.6. The summed E-state index contributed by atoms with van der Waals surface area (Å²) in [5, 5.41) is 0. The van der Waals surface area contributed by atoms with Crippen molar-refractivity contribution in [2.24, 2.45) is 17.8 Å². The predicted octanol–water partition coefficient (Wildman–Crippen LogP) is 8.91. The molecular weight excluding hydrogens is 367 g/mol. The zero-order chi connectivity index (χ0) is 21.0. The van der Waals surface area contributed by atoms with Crippen molar-refractivity contribution >= 4 is 8.60 Å². The molecular formula is C24H51O3P. The quantitative estimate of drug-likeness (QED) is 0.174. The standard InChI is InChI=1S/C24H51O3P/c1-7-13-16-22(10-4)19-25-28(26-20-23(11-5)17-14-8-2)27-21-24(12-6)18-15-9-3/h22-24H,7-21H2,1-6H3/t22-,23-,24-/m0/s1. The van der Waals surface area contributed by atoms with E-state index >= 15 is 0 Å². The summed E-state index contributed by atoms with van der Waals surface area (Å²) in [6.07, 6.45) is 14.9. The maximum absolute atomic E-state index is 6.21. The van der Waals surface area contributed by atoms with E-state index in [4.69, 9.17) is 13.6 Å². The van der Waals surface area contributed by atoms with Crippen molar-refractivity contribution in [1.82, 2.24) is 0 Å². The average molecular weight is 419 g/mol. The third-order valence-corrected chi connectivity index (χ3v) is 6.96. The molecule has 0 amide bonds. The Labute approximate surface area is 178 Å². The largest absolute Gasteiger partial charge is 0.332 e. The number of hydrogen-bond acceptors (Lipinski definition) is 3. The van der Waals surface area contributed by atoms with Crippen LogP contribution in [0.3, 0.4) is 0 Å². The monoisotopic (exact) mass is 418 g/mol. The van der Waals surface area contributed by atoms with E-state index in [-0.39, 0.29) is 0 Å². The Kier molecular flexibility index (Phi) is 20.8. The number of hydrogen-bond donors (Lipinski definition) is 0. The lowest BCUT2D eigenvalue weighted by Crippen LogP contribution is -2.13. The van der Waals surface area contributed by atoms with Gasteiger partial charge in [-0.2, -0.15) is 0 Å². The fourth-order valence-corrected chi connectivity index (χ4v) is 4.53. The van der Waals surface area contributed by atoms with E-state index in [1.54, 1.807) is 0 Å². The first-order chi connectivity index (χ1) is 13.6. The van der Waals surface area contributed by atoms with E-state index in [0.717, 1.165) is 19.8 Å². The highest BCUT2D eigenvalue weighted by atomic mass is 31.2. The van der Waals surface area contributed by atoms with Crippen molar-refractivity contribution in [1.29, 1.82) is 0 Å². The molecule has 0 aromatic rings. The lowest BCUT2D eigenvalue weighted by Gasteiger charge is -2.24. The third kappa shape index (κ3) is 15.2. The van der Waals surface area contributed by atoms with Gasteiger partial charge in [0.2, 0.25) is 0 Å². The SMILES string of the molecule is CCCC[C@H](CC)COP(OC[C@@H](CC)CCCC)OC[C@@H](CC)CCCC. The molecule has 4 heteroatoms. The van der Waals surface area contributed by atoms with Crippen LogP contribution in [0.25, 0.3) is 0 Å². The highest BCUT2D eigenvalue weighted by Crippen LogP contribution is 2.42. The van der Waals surface area contributed by atoms with Gasteiger partial charge in [-0.3, -0.25) is 0 Å². The molecule has 0 bridgehead atoms. The van der Waals surface area contributed by atoms with E-state index in [1.807, 2.05) is 0 Å². The Hall–Kier alpha value is 0.310. The lowest BCUT2D eigenvalue weighted by molar-refractivity contribution is 0.110. The van der Waals surface area contributed by atoms with Gasteiger partial charge in [-0.05, 0) is 37.0 Å². The first-order valence-electron chi connectivity index (χ1n) is 12.3. The Morgan fingerprint density at radius 1 is 0.500 bits per heavy atom. The molecule has 0 aliphatic rings. The molecule has 0 saturated heterocycles. The van der Waals surface area contributed by atoms with Gasteiger partial charge in [-0.15, -0.1) is 0 Å². The van der Waals surface area contributed by atoms with Crippen LogP contribution in [-0.4, -0.2) is 19.8 Å². The predicted molar refractivity (Wildman–Crippen MR) is 125 cm³/mol. The normalized spacial score (nSPS) is 15.1. The van der Waals surface area contributed by atoms with Crippen molar-refractivity contribution in [3.63, 3.8) is 0 Å². The van der Waals surface area contributed by atoms with Crippen molar-refractivity contribution in [3.8, 4) is 0 Å². The van der Waals surface area contributed by atoms with Crippen LogP contribution in [0.2, 0.25) is 0 Å². The zero-order valence-corrected chi connectivity index (χ0v) is 20.9. The van der Waals surface area contributed by atoms with Gasteiger partial charge in [0.05, 0.1) is 19.8 Å². The minimum absolute atomic E-state index is 0.626. The maximum Gasteiger partial charge on any atom is 0.332 e. The first kappa shape index (κ1) is 28.3. The smallest absolute Gasteiger partial charge is 0.312 e. The second-order valence-corrected chi connectivity index (χ2v) is 9.58. The second kappa shape index (κ2) is 20.6. The summed E-state index contributed by atoms with van der Waals surface area (Å²) in [5.74, 6) is 1.88. The minimum Gasteiger partial charge on any atom is -0.312 e. The third-order valence-electron chi connectivity index (χ3n) is 5.88. The van der Waals surface area contributed by atoms with Crippen LogP contribution >= 0.6 is 8.60 Å². The Bertz CT molecular complexity index is 267. The van der Waals surface area contributed by atoms with E-state index in [1.165, 1.54) is 77.0 Å². The molecule has 0 N–H and O–H groups in total. The molecule has 3 atom stereocenters. The number of rotatable bonds is 21. The van der Waals surface area contributed by atoms with Gasteiger partial charge in [0, 0.05) is 0 Å². The van der Waals surface area contributed by atoms with Crippen LogP contribution in [-0.2, 0) is 13.6 Å². The molecule has 170 valence electrons. The minimum atomic E-state index is -1.22. The highest BCUT2D eigenvalue weighted by Gasteiger charge is 2.20. The van der Waals surface area contributed by atoms with Gasteiger partial charge in [-0.1, -0.05) is 99.3 Å². The van der Waals surface area contributed by atoms with Gasteiger partial charge in [0.25, 0.3) is 0 Å². The van der Waals surface area contributed by atoms with Crippen LogP contribution in [0.5, 0.6) is 0 Å². The Morgan fingerprint density at radius 2 is 0.786 bits per heavy atom. The highest BCUT2D eigenvalue weighted by molar-refractivity contribution is 7.41. The van der Waals surface area contributed by atoms with Crippen LogP contribution < -0.4 is 0 Å². The van der Waals surface area contributed by atoms with Crippen molar-refractivity contribution in [2.45, 2.75) is 119 Å². The first-order valence-corrected chi connectivity index (χ1v) is 13.4. The molecule has 0 aromatic carbocycles. The van der Waals surface area contributed by atoms with E-state index in [0.29, 0.717) is 17.8 Å². The van der Waals surface area contributed by atoms with Crippen molar-refractivity contribution < 1.29 is 13.6 Å². The summed E-state index contributed by atoms with van der Waals surface area (Å²) in [7, 11) is -1.22. The molecule has 3 nitrogen and oxygen atoms in total. The molecule has 0 unspecified atom stereocenters. The summed E-state index contributed by atoms with van der Waals surface area (Å²) in [6, 6.07) is 0.